The molecular weight excluding hydrogens is 228 g/mol. The lowest BCUT2D eigenvalue weighted by atomic mass is 10.2. The van der Waals surface area contributed by atoms with Crippen LogP contribution in [0, 0.1) is 0 Å². The lowest BCUT2D eigenvalue weighted by Crippen LogP contribution is -2.60. The van der Waals surface area contributed by atoms with Crippen LogP contribution >= 0.6 is 0 Å². The van der Waals surface area contributed by atoms with E-state index in [2.05, 4.69) is 55.4 Å². The summed E-state index contributed by atoms with van der Waals surface area (Å²) in [7, 11) is -1.69. The van der Waals surface area contributed by atoms with Crippen LogP contribution in [0.2, 0.25) is 10.1 Å². The largest absolute Gasteiger partial charge is 0.385 e. The van der Waals surface area contributed by atoms with Crippen molar-refractivity contribution in [3.05, 3.63) is 0 Å². The Balaban J connectivity index is 5.22. The fourth-order valence-corrected chi connectivity index (χ4v) is 7.76. The predicted octanol–water partition coefficient (Wildman–Crippen LogP) is 4.19. The van der Waals surface area contributed by atoms with Crippen molar-refractivity contribution in [3.63, 3.8) is 0 Å². The summed E-state index contributed by atoms with van der Waals surface area (Å²) in [6.45, 7) is 19.8. The molecule has 0 amide bonds. The van der Waals surface area contributed by atoms with Gasteiger partial charge in [-0.25, -0.2) is 0 Å². The first-order valence-corrected chi connectivity index (χ1v) is 9.19. The zero-order chi connectivity index (χ0) is 13.7. The van der Waals surface area contributed by atoms with Crippen LogP contribution in [0.5, 0.6) is 0 Å². The Labute approximate surface area is 109 Å². The molecule has 0 fully saturated rings. The third kappa shape index (κ3) is 4.07. The molecule has 0 aromatic carbocycles. The van der Waals surface area contributed by atoms with Crippen molar-refractivity contribution in [2.75, 3.05) is 25.7 Å². The lowest BCUT2D eigenvalue weighted by Gasteiger charge is -2.51. The molecule has 104 valence electrons. The van der Waals surface area contributed by atoms with Gasteiger partial charge >= 0.3 is 0 Å². The number of ether oxygens (including phenoxy) is 2. The van der Waals surface area contributed by atoms with Crippen LogP contribution in [0.25, 0.3) is 0 Å². The predicted molar refractivity (Wildman–Crippen MR) is 78.2 cm³/mol. The van der Waals surface area contributed by atoms with E-state index < -0.39 is 8.07 Å². The molecule has 0 aliphatic rings. The van der Waals surface area contributed by atoms with Crippen LogP contribution in [0.4, 0.5) is 0 Å². The molecule has 0 heterocycles. The summed E-state index contributed by atoms with van der Waals surface area (Å²) in [6.07, 6.45) is 1.80. The molecule has 17 heavy (non-hydrogen) atoms. The fraction of sp³-hybridized carbons (Fsp3) is 1.00. The Morgan fingerprint density at radius 2 is 1.00 bits per heavy atom. The van der Waals surface area contributed by atoms with Gasteiger partial charge in [-0.15, -0.1) is 0 Å². The minimum Gasteiger partial charge on any atom is -0.385 e. The minimum absolute atomic E-state index is 0.287. The SMILES string of the molecule is CCOC[Si](COCC)(C(C)(C)C)C(C)(C)C. The minimum atomic E-state index is -1.69. The molecule has 0 aromatic rings. The molecule has 0 N–H and O–H groups in total. The molecule has 0 saturated carbocycles. The molecule has 0 bridgehead atoms. The van der Waals surface area contributed by atoms with Crippen molar-refractivity contribution in [1.82, 2.24) is 0 Å². The molecule has 3 heteroatoms. The number of hydrogen-bond acceptors (Lipinski definition) is 2. The fourth-order valence-electron chi connectivity index (χ4n) is 2.59. The van der Waals surface area contributed by atoms with Crippen molar-refractivity contribution in [3.8, 4) is 0 Å². The van der Waals surface area contributed by atoms with Gasteiger partial charge in [-0.1, -0.05) is 41.5 Å². The van der Waals surface area contributed by atoms with E-state index in [1.165, 1.54) is 0 Å². The first kappa shape index (κ1) is 17.1. The van der Waals surface area contributed by atoms with Gasteiger partial charge in [0.15, 0.2) is 0 Å². The third-order valence-corrected chi connectivity index (χ3v) is 11.1. The molecule has 0 unspecified atom stereocenters. The first-order chi connectivity index (χ1) is 7.62. The summed E-state index contributed by atoms with van der Waals surface area (Å²) in [5.74, 6) is 0. The van der Waals surface area contributed by atoms with Crippen molar-refractivity contribution < 1.29 is 9.47 Å². The first-order valence-electron chi connectivity index (χ1n) is 6.78. The van der Waals surface area contributed by atoms with Crippen LogP contribution in [0.1, 0.15) is 55.4 Å². The zero-order valence-electron chi connectivity index (χ0n) is 13.1. The smallest absolute Gasteiger partial charge is 0.123 e. The molecule has 0 radical (unpaired) electrons. The monoisotopic (exact) mass is 260 g/mol. The van der Waals surface area contributed by atoms with E-state index in [9.17, 15) is 0 Å². The van der Waals surface area contributed by atoms with E-state index in [1.54, 1.807) is 0 Å². The third-order valence-electron chi connectivity index (χ3n) is 3.98. The standard InChI is InChI=1S/C14H32O2Si/c1-9-15-11-17(12-16-10-2,13(3,4)5)14(6,7)8/h9-12H2,1-8H3. The second kappa shape index (κ2) is 6.35. The highest BCUT2D eigenvalue weighted by Gasteiger charge is 2.53. The Morgan fingerprint density at radius 1 is 0.706 bits per heavy atom. The second-order valence-electron chi connectivity index (χ2n) is 6.86. The van der Waals surface area contributed by atoms with Crippen LogP contribution in [-0.4, -0.2) is 33.7 Å². The highest BCUT2D eigenvalue weighted by atomic mass is 28.3. The molecule has 0 rings (SSSR count). The topological polar surface area (TPSA) is 18.5 Å². The van der Waals surface area contributed by atoms with Crippen molar-refractivity contribution in [2.24, 2.45) is 0 Å². The van der Waals surface area contributed by atoms with E-state index in [0.717, 1.165) is 25.7 Å². The van der Waals surface area contributed by atoms with Crippen molar-refractivity contribution in [2.45, 2.75) is 65.5 Å². The summed E-state index contributed by atoms with van der Waals surface area (Å²) in [5, 5.41) is 0.575. The zero-order valence-corrected chi connectivity index (χ0v) is 14.1. The van der Waals surface area contributed by atoms with Crippen LogP contribution in [0.3, 0.4) is 0 Å². The van der Waals surface area contributed by atoms with Crippen molar-refractivity contribution in [1.29, 1.82) is 0 Å². The highest BCUT2D eigenvalue weighted by Crippen LogP contribution is 2.51. The van der Waals surface area contributed by atoms with E-state index in [4.69, 9.17) is 9.47 Å². The highest BCUT2D eigenvalue weighted by molar-refractivity contribution is 6.85. The maximum absolute atomic E-state index is 5.83. The Bertz CT molecular complexity index is 189. The van der Waals surface area contributed by atoms with Gasteiger partial charge in [0.1, 0.15) is 8.07 Å². The van der Waals surface area contributed by atoms with Crippen LogP contribution < -0.4 is 0 Å². The maximum atomic E-state index is 5.83. The molecule has 0 saturated heterocycles. The average Bonchev–Trinajstić information content (AvgIpc) is 2.14. The Morgan fingerprint density at radius 3 is 1.18 bits per heavy atom. The molecule has 0 aliphatic heterocycles. The van der Waals surface area contributed by atoms with Crippen molar-refractivity contribution >= 4 is 8.07 Å². The maximum Gasteiger partial charge on any atom is 0.123 e. The number of hydrogen-bond donors (Lipinski definition) is 0. The van der Waals surface area contributed by atoms with Gasteiger partial charge in [-0.3, -0.25) is 0 Å². The summed E-state index contributed by atoms with van der Waals surface area (Å²) in [6, 6.07) is 0. The van der Waals surface area contributed by atoms with Gasteiger partial charge in [-0.05, 0) is 23.9 Å². The molecule has 0 aliphatic carbocycles. The summed E-state index contributed by atoms with van der Waals surface area (Å²) < 4.78 is 11.7. The van der Waals surface area contributed by atoms with E-state index in [-0.39, 0.29) is 10.1 Å². The molecule has 2 nitrogen and oxygen atoms in total. The summed E-state index contributed by atoms with van der Waals surface area (Å²) >= 11 is 0. The molecule has 0 atom stereocenters. The van der Waals surface area contributed by atoms with Gasteiger partial charge in [0, 0.05) is 25.7 Å². The molecule has 0 aromatic heterocycles. The van der Waals surface area contributed by atoms with Gasteiger partial charge in [0.25, 0.3) is 0 Å². The van der Waals surface area contributed by atoms with Gasteiger partial charge < -0.3 is 9.47 Å². The van der Waals surface area contributed by atoms with E-state index >= 15 is 0 Å². The summed E-state index contributed by atoms with van der Waals surface area (Å²) in [5.41, 5.74) is 0. The molecule has 0 spiro atoms. The number of rotatable bonds is 6. The quantitative estimate of drug-likeness (QED) is 0.667. The Kier molecular flexibility index (Phi) is 6.40. The van der Waals surface area contributed by atoms with Gasteiger partial charge in [-0.2, -0.15) is 0 Å². The van der Waals surface area contributed by atoms with E-state index in [1.807, 2.05) is 0 Å². The second-order valence-corrected chi connectivity index (χ2v) is 12.6. The summed E-state index contributed by atoms with van der Waals surface area (Å²) in [4.78, 5) is 0. The average molecular weight is 260 g/mol. The van der Waals surface area contributed by atoms with Crippen LogP contribution in [0.15, 0.2) is 0 Å². The molecular formula is C14H32O2Si. The van der Waals surface area contributed by atoms with Gasteiger partial charge in [0.05, 0.1) is 0 Å². The van der Waals surface area contributed by atoms with Crippen LogP contribution in [-0.2, 0) is 9.47 Å². The van der Waals surface area contributed by atoms with Gasteiger partial charge in [0.2, 0.25) is 0 Å². The normalized spacial score (nSPS) is 14.1. The van der Waals surface area contributed by atoms with E-state index in [0.29, 0.717) is 0 Å². The Hall–Kier alpha value is 0.137. The lowest BCUT2D eigenvalue weighted by molar-refractivity contribution is 0.152.